The average Bonchev–Trinajstić information content (AvgIpc) is 3.15. The van der Waals surface area contributed by atoms with Gasteiger partial charge in [0.15, 0.2) is 0 Å². The van der Waals surface area contributed by atoms with E-state index in [9.17, 15) is 9.59 Å². The third-order valence-corrected chi connectivity index (χ3v) is 5.27. The van der Waals surface area contributed by atoms with Crippen molar-refractivity contribution < 1.29 is 9.59 Å². The van der Waals surface area contributed by atoms with Crippen LogP contribution >= 0.6 is 0 Å². The molecule has 0 spiro atoms. The van der Waals surface area contributed by atoms with Crippen molar-refractivity contribution in [2.45, 2.75) is 45.4 Å². The quantitative estimate of drug-likeness (QED) is 0.840. The molecule has 118 valence electrons. The van der Waals surface area contributed by atoms with Gasteiger partial charge in [0.2, 0.25) is 5.91 Å². The molecule has 0 heterocycles. The zero-order chi connectivity index (χ0) is 15.5. The van der Waals surface area contributed by atoms with Crippen LogP contribution in [0, 0.1) is 17.8 Å². The minimum absolute atomic E-state index is 0.0731. The standard InChI is InChI=1S/C18H24N2O2/c1-2-12-3-6-14(7-4-12)18(22)20-19-17(21)11-16-10-13-5-8-15(16)9-13/h3-4,6-7,13,15-16H,2,5,8-11H2,1H3,(H,19,21)(H,20,22). The first kappa shape index (κ1) is 15.1. The molecule has 3 unspecified atom stereocenters. The van der Waals surface area contributed by atoms with Crippen molar-refractivity contribution in [3.05, 3.63) is 35.4 Å². The van der Waals surface area contributed by atoms with Crippen molar-refractivity contribution in [2.24, 2.45) is 17.8 Å². The van der Waals surface area contributed by atoms with E-state index in [-0.39, 0.29) is 11.8 Å². The number of nitrogens with one attached hydrogen (secondary N) is 2. The molecule has 3 rings (SSSR count). The van der Waals surface area contributed by atoms with E-state index < -0.39 is 0 Å². The Balaban J connectivity index is 1.45. The van der Waals surface area contributed by atoms with Crippen LogP contribution < -0.4 is 10.9 Å². The second-order valence-electron chi connectivity index (χ2n) is 6.69. The van der Waals surface area contributed by atoms with Gasteiger partial charge in [-0.05, 0) is 61.1 Å². The molecule has 2 N–H and O–H groups in total. The Hall–Kier alpha value is -1.84. The van der Waals surface area contributed by atoms with Gasteiger partial charge in [-0.25, -0.2) is 0 Å². The fourth-order valence-electron chi connectivity index (χ4n) is 4.01. The molecule has 4 nitrogen and oxygen atoms in total. The van der Waals surface area contributed by atoms with Crippen LogP contribution in [0.25, 0.3) is 0 Å². The predicted octanol–water partition coefficient (Wildman–Crippen LogP) is 2.84. The lowest BCUT2D eigenvalue weighted by Crippen LogP contribution is -2.42. The SMILES string of the molecule is CCc1ccc(C(=O)NNC(=O)CC2CC3CCC2C3)cc1. The summed E-state index contributed by atoms with van der Waals surface area (Å²) in [5.74, 6) is 1.75. The first-order chi connectivity index (χ1) is 10.7. The molecule has 2 amide bonds. The van der Waals surface area contributed by atoms with Crippen molar-refractivity contribution >= 4 is 11.8 Å². The second kappa shape index (κ2) is 6.51. The normalized spacial score (nSPS) is 26.0. The van der Waals surface area contributed by atoms with E-state index in [1.54, 1.807) is 12.1 Å². The van der Waals surface area contributed by atoms with Gasteiger partial charge in [0, 0.05) is 12.0 Å². The minimum Gasteiger partial charge on any atom is -0.273 e. The van der Waals surface area contributed by atoms with E-state index >= 15 is 0 Å². The smallest absolute Gasteiger partial charge is 0.269 e. The summed E-state index contributed by atoms with van der Waals surface area (Å²) < 4.78 is 0. The maximum absolute atomic E-state index is 12.0. The van der Waals surface area contributed by atoms with E-state index in [2.05, 4.69) is 17.8 Å². The Kier molecular flexibility index (Phi) is 4.46. The topological polar surface area (TPSA) is 58.2 Å². The van der Waals surface area contributed by atoms with E-state index in [1.807, 2.05) is 12.1 Å². The molecule has 2 bridgehead atoms. The molecule has 0 aromatic heterocycles. The van der Waals surface area contributed by atoms with Gasteiger partial charge in [-0.15, -0.1) is 0 Å². The van der Waals surface area contributed by atoms with Gasteiger partial charge >= 0.3 is 0 Å². The third kappa shape index (κ3) is 3.32. The summed E-state index contributed by atoms with van der Waals surface area (Å²) in [5, 5.41) is 0. The Morgan fingerprint density at radius 3 is 2.45 bits per heavy atom. The molecule has 0 saturated heterocycles. The fourth-order valence-corrected chi connectivity index (χ4v) is 4.01. The Morgan fingerprint density at radius 2 is 1.86 bits per heavy atom. The molecule has 22 heavy (non-hydrogen) atoms. The number of hydrogen-bond acceptors (Lipinski definition) is 2. The number of hydrazine groups is 1. The molecule has 2 saturated carbocycles. The predicted molar refractivity (Wildman–Crippen MR) is 85.0 cm³/mol. The number of fused-ring (bicyclic) bond motifs is 2. The zero-order valence-corrected chi connectivity index (χ0v) is 13.1. The molecule has 2 aliphatic carbocycles. The van der Waals surface area contributed by atoms with E-state index in [0.717, 1.165) is 18.3 Å². The molecule has 0 radical (unpaired) electrons. The molecule has 3 atom stereocenters. The van der Waals surface area contributed by atoms with Crippen LogP contribution in [0.15, 0.2) is 24.3 Å². The van der Waals surface area contributed by atoms with Crippen LogP contribution in [0.1, 0.15) is 54.9 Å². The zero-order valence-electron chi connectivity index (χ0n) is 13.1. The minimum atomic E-state index is -0.260. The average molecular weight is 300 g/mol. The number of aryl methyl sites for hydroxylation is 1. The van der Waals surface area contributed by atoms with E-state index in [0.29, 0.717) is 17.9 Å². The maximum Gasteiger partial charge on any atom is 0.269 e. The lowest BCUT2D eigenvalue weighted by Gasteiger charge is -2.20. The van der Waals surface area contributed by atoms with Crippen LogP contribution in [0.3, 0.4) is 0 Å². The Bertz CT molecular complexity index is 553. The first-order valence-corrected chi connectivity index (χ1v) is 8.33. The molecule has 2 fully saturated rings. The first-order valence-electron chi connectivity index (χ1n) is 8.33. The van der Waals surface area contributed by atoms with Gasteiger partial charge in [0.05, 0.1) is 0 Å². The number of carbonyl (C=O) groups excluding carboxylic acids is 2. The van der Waals surface area contributed by atoms with Gasteiger partial charge in [-0.2, -0.15) is 0 Å². The van der Waals surface area contributed by atoms with Crippen molar-refractivity contribution in [1.29, 1.82) is 0 Å². The van der Waals surface area contributed by atoms with E-state index in [1.165, 1.54) is 31.2 Å². The van der Waals surface area contributed by atoms with Crippen LogP contribution in [-0.4, -0.2) is 11.8 Å². The summed E-state index contributed by atoms with van der Waals surface area (Å²) >= 11 is 0. The summed E-state index contributed by atoms with van der Waals surface area (Å²) in [5.41, 5.74) is 6.83. The Morgan fingerprint density at radius 1 is 1.09 bits per heavy atom. The molecule has 2 aliphatic rings. The van der Waals surface area contributed by atoms with Crippen LogP contribution in [-0.2, 0) is 11.2 Å². The highest BCUT2D eigenvalue weighted by molar-refractivity contribution is 5.95. The largest absolute Gasteiger partial charge is 0.273 e. The summed E-state index contributed by atoms with van der Waals surface area (Å²) in [6, 6.07) is 7.45. The number of carbonyl (C=O) groups is 2. The molecular formula is C18H24N2O2. The van der Waals surface area contributed by atoms with Crippen LogP contribution in [0.2, 0.25) is 0 Å². The van der Waals surface area contributed by atoms with Gasteiger partial charge < -0.3 is 0 Å². The maximum atomic E-state index is 12.0. The van der Waals surface area contributed by atoms with Crippen molar-refractivity contribution in [3.63, 3.8) is 0 Å². The highest BCUT2D eigenvalue weighted by Crippen LogP contribution is 2.49. The molecule has 4 heteroatoms. The lowest BCUT2D eigenvalue weighted by molar-refractivity contribution is -0.123. The number of benzene rings is 1. The number of rotatable bonds is 4. The summed E-state index contributed by atoms with van der Waals surface area (Å²) in [6.07, 6.45) is 6.59. The van der Waals surface area contributed by atoms with Crippen molar-refractivity contribution in [2.75, 3.05) is 0 Å². The summed E-state index contributed by atoms with van der Waals surface area (Å²) in [4.78, 5) is 24.0. The Labute approximate surface area is 131 Å². The fraction of sp³-hybridized carbons (Fsp3) is 0.556. The van der Waals surface area contributed by atoms with Crippen LogP contribution in [0.5, 0.6) is 0 Å². The monoisotopic (exact) mass is 300 g/mol. The third-order valence-electron chi connectivity index (χ3n) is 5.27. The summed E-state index contributed by atoms with van der Waals surface area (Å²) in [6.45, 7) is 2.07. The van der Waals surface area contributed by atoms with Gasteiger partial charge in [0.25, 0.3) is 5.91 Å². The van der Waals surface area contributed by atoms with Gasteiger partial charge in [0.1, 0.15) is 0 Å². The molecular weight excluding hydrogens is 276 g/mol. The highest BCUT2D eigenvalue weighted by atomic mass is 16.2. The van der Waals surface area contributed by atoms with Crippen LogP contribution in [0.4, 0.5) is 0 Å². The second-order valence-corrected chi connectivity index (χ2v) is 6.69. The number of amides is 2. The molecule has 0 aliphatic heterocycles. The van der Waals surface area contributed by atoms with E-state index in [4.69, 9.17) is 0 Å². The molecule has 1 aromatic rings. The van der Waals surface area contributed by atoms with Crippen molar-refractivity contribution in [1.82, 2.24) is 10.9 Å². The molecule has 1 aromatic carbocycles. The van der Waals surface area contributed by atoms with Gasteiger partial charge in [-0.1, -0.05) is 25.5 Å². The van der Waals surface area contributed by atoms with Gasteiger partial charge in [-0.3, -0.25) is 20.4 Å². The number of hydrogen-bond donors (Lipinski definition) is 2. The highest BCUT2D eigenvalue weighted by Gasteiger charge is 2.40. The lowest BCUT2D eigenvalue weighted by atomic mass is 9.86. The summed E-state index contributed by atoms with van der Waals surface area (Å²) in [7, 11) is 0. The van der Waals surface area contributed by atoms with Crippen molar-refractivity contribution in [3.8, 4) is 0 Å².